The van der Waals surface area contributed by atoms with E-state index < -0.39 is 18.3 Å². The molecule has 1 aliphatic rings. The van der Waals surface area contributed by atoms with Crippen molar-refractivity contribution in [1.82, 2.24) is 10.3 Å². The number of hydrogen-bond donors (Lipinski definition) is 3. The third-order valence-corrected chi connectivity index (χ3v) is 5.85. The van der Waals surface area contributed by atoms with Crippen LogP contribution in [0.15, 0.2) is 66.7 Å². The topological polar surface area (TPSA) is 109 Å². The quantitative estimate of drug-likeness (QED) is 0.456. The van der Waals surface area contributed by atoms with Crippen LogP contribution in [0.4, 0.5) is 4.79 Å². The minimum atomic E-state index is -1.27. The maximum absolute atomic E-state index is 12.2. The largest absolute Gasteiger partial charge is 0.449 e. The smallest absolute Gasteiger partial charge is 0.407 e. The Hall–Kier alpha value is -3.55. The van der Waals surface area contributed by atoms with Crippen molar-refractivity contribution in [3.8, 4) is 11.1 Å². The van der Waals surface area contributed by atoms with Gasteiger partial charge in [-0.1, -0.05) is 54.6 Å². The molecule has 2 unspecified atom stereocenters. The fraction of sp³-hybridized carbons (Fsp3) is 0.269. The molecule has 0 saturated carbocycles. The maximum atomic E-state index is 12.2. The maximum Gasteiger partial charge on any atom is 0.407 e. The van der Waals surface area contributed by atoms with E-state index in [9.17, 15) is 19.8 Å². The molecular weight excluding hydrogens is 420 g/mol. The second kappa shape index (κ2) is 9.94. The van der Waals surface area contributed by atoms with Crippen molar-refractivity contribution in [3.05, 3.63) is 89.2 Å². The average Bonchev–Trinajstić information content (AvgIpc) is 3.16. The monoisotopic (exact) mass is 446 g/mol. The van der Waals surface area contributed by atoms with E-state index in [1.54, 1.807) is 18.2 Å². The number of ketones is 1. The number of fused-ring (bicyclic) bond motifs is 3. The molecule has 0 radical (unpaired) electrons. The minimum absolute atomic E-state index is 0.0322. The van der Waals surface area contributed by atoms with Gasteiger partial charge in [-0.25, -0.2) is 9.78 Å². The molecule has 2 aromatic carbocycles. The Morgan fingerprint density at radius 1 is 0.970 bits per heavy atom. The zero-order valence-corrected chi connectivity index (χ0v) is 18.3. The lowest BCUT2D eigenvalue weighted by atomic mass is 9.98. The van der Waals surface area contributed by atoms with Crippen LogP contribution in [0.3, 0.4) is 0 Å². The number of nitrogens with zero attached hydrogens (tertiary/aromatic N) is 1. The summed E-state index contributed by atoms with van der Waals surface area (Å²) in [5.41, 5.74) is 4.99. The number of Topliss-reactive ketones (excluding diaryl/α,β-unsaturated/α-hetero) is 1. The normalized spacial score (nSPS) is 14.2. The number of rotatable bonds is 8. The van der Waals surface area contributed by atoms with Crippen LogP contribution in [0.5, 0.6) is 0 Å². The fourth-order valence-corrected chi connectivity index (χ4v) is 4.14. The molecule has 0 spiro atoms. The number of aromatic nitrogens is 1. The average molecular weight is 447 g/mol. The number of alkyl carbamates (subject to hydrolysis) is 1. The summed E-state index contributed by atoms with van der Waals surface area (Å²) >= 11 is 0. The number of benzene rings is 2. The highest BCUT2D eigenvalue weighted by Crippen LogP contribution is 2.44. The van der Waals surface area contributed by atoms with E-state index in [0.717, 1.165) is 22.3 Å². The van der Waals surface area contributed by atoms with Crippen molar-refractivity contribution in [2.45, 2.75) is 31.5 Å². The lowest BCUT2D eigenvalue weighted by Crippen LogP contribution is -2.31. The molecule has 0 saturated heterocycles. The Bertz CT molecular complexity index is 1120. The van der Waals surface area contributed by atoms with Crippen LogP contribution in [0.2, 0.25) is 0 Å². The molecule has 33 heavy (non-hydrogen) atoms. The van der Waals surface area contributed by atoms with Crippen molar-refractivity contribution in [2.24, 2.45) is 0 Å². The third-order valence-electron chi connectivity index (χ3n) is 5.85. The molecule has 3 N–H and O–H groups in total. The molecule has 4 rings (SSSR count). The van der Waals surface area contributed by atoms with Gasteiger partial charge < -0.3 is 20.3 Å². The van der Waals surface area contributed by atoms with Gasteiger partial charge in [0.1, 0.15) is 18.4 Å². The highest BCUT2D eigenvalue weighted by molar-refractivity contribution is 5.92. The van der Waals surface area contributed by atoms with Crippen molar-refractivity contribution in [1.29, 1.82) is 0 Å². The van der Waals surface area contributed by atoms with E-state index in [2.05, 4.69) is 22.4 Å². The van der Waals surface area contributed by atoms with E-state index in [0.29, 0.717) is 0 Å². The molecule has 0 aliphatic heterocycles. The molecule has 170 valence electrons. The van der Waals surface area contributed by atoms with Crippen molar-refractivity contribution in [3.63, 3.8) is 0 Å². The summed E-state index contributed by atoms with van der Waals surface area (Å²) in [6.07, 6.45) is -2.92. The van der Waals surface area contributed by atoms with E-state index in [1.165, 1.54) is 6.92 Å². The predicted molar refractivity (Wildman–Crippen MR) is 123 cm³/mol. The number of carbonyl (C=O) groups excluding carboxylic acids is 2. The van der Waals surface area contributed by atoms with Gasteiger partial charge in [0, 0.05) is 19.4 Å². The lowest BCUT2D eigenvalue weighted by molar-refractivity contribution is 0.0111. The summed E-state index contributed by atoms with van der Waals surface area (Å²) in [5.74, 6) is -0.259. The van der Waals surface area contributed by atoms with Crippen LogP contribution in [0.25, 0.3) is 11.1 Å². The number of hydrogen-bond acceptors (Lipinski definition) is 6. The number of carbonyl (C=O) groups is 2. The Labute approximate surface area is 192 Å². The first-order valence-electron chi connectivity index (χ1n) is 10.9. The second-order valence-corrected chi connectivity index (χ2v) is 8.06. The Morgan fingerprint density at radius 2 is 1.61 bits per heavy atom. The fourth-order valence-electron chi connectivity index (χ4n) is 4.14. The lowest BCUT2D eigenvalue weighted by Gasteiger charge is -2.18. The molecule has 3 aromatic rings. The first-order valence-corrected chi connectivity index (χ1v) is 10.9. The molecule has 1 aromatic heterocycles. The van der Waals surface area contributed by atoms with E-state index >= 15 is 0 Å². The molecule has 0 fully saturated rings. The SMILES string of the molecule is CC(=O)c1cccc(C(O)C(O)CCNC(=O)OCC2c3ccccc3-c3ccccc32)n1. The number of aliphatic hydroxyl groups excluding tert-OH is 2. The number of nitrogens with one attached hydrogen (secondary N) is 1. The van der Waals surface area contributed by atoms with Crippen LogP contribution in [0.1, 0.15) is 52.7 Å². The van der Waals surface area contributed by atoms with E-state index in [1.807, 2.05) is 36.4 Å². The minimum Gasteiger partial charge on any atom is -0.449 e. The second-order valence-electron chi connectivity index (χ2n) is 8.06. The van der Waals surface area contributed by atoms with Gasteiger partial charge in [0.2, 0.25) is 0 Å². The summed E-state index contributed by atoms with van der Waals surface area (Å²) < 4.78 is 5.46. The first-order chi connectivity index (χ1) is 16.0. The van der Waals surface area contributed by atoms with Crippen LogP contribution < -0.4 is 5.32 Å². The third kappa shape index (κ3) is 4.94. The van der Waals surface area contributed by atoms with Crippen molar-refractivity contribution < 1.29 is 24.5 Å². The highest BCUT2D eigenvalue weighted by atomic mass is 16.5. The van der Waals surface area contributed by atoms with Gasteiger partial charge in [0.15, 0.2) is 5.78 Å². The number of amides is 1. The molecule has 1 amide bonds. The van der Waals surface area contributed by atoms with Gasteiger partial charge in [-0.05, 0) is 40.8 Å². The number of pyridine rings is 1. The molecule has 1 heterocycles. The van der Waals surface area contributed by atoms with Gasteiger partial charge in [-0.15, -0.1) is 0 Å². The van der Waals surface area contributed by atoms with E-state index in [-0.39, 0.29) is 42.7 Å². The standard InChI is InChI=1S/C26H26N2O5/c1-16(29)22-11-6-12-23(28-22)25(31)24(30)13-14-27-26(32)33-15-21-19-9-4-2-7-17(19)18-8-3-5-10-20(18)21/h2-12,21,24-25,30-31H,13-15H2,1H3,(H,27,32). The molecular formula is C26H26N2O5. The zero-order chi connectivity index (χ0) is 23.4. The van der Waals surface area contributed by atoms with Crippen molar-refractivity contribution >= 4 is 11.9 Å². The summed E-state index contributed by atoms with van der Waals surface area (Å²) in [6, 6.07) is 20.9. The summed E-state index contributed by atoms with van der Waals surface area (Å²) in [5, 5.41) is 23.2. The van der Waals surface area contributed by atoms with E-state index in [4.69, 9.17) is 4.74 Å². The number of aliphatic hydroxyl groups is 2. The summed E-state index contributed by atoms with van der Waals surface area (Å²) in [4.78, 5) is 27.8. The molecule has 7 heteroatoms. The summed E-state index contributed by atoms with van der Waals surface area (Å²) in [6.45, 7) is 1.70. The molecule has 7 nitrogen and oxygen atoms in total. The van der Waals surface area contributed by atoms with Gasteiger partial charge in [-0.2, -0.15) is 0 Å². The molecule has 1 aliphatic carbocycles. The van der Waals surface area contributed by atoms with Crippen LogP contribution >= 0.6 is 0 Å². The van der Waals surface area contributed by atoms with Crippen molar-refractivity contribution in [2.75, 3.05) is 13.2 Å². The summed E-state index contributed by atoms with van der Waals surface area (Å²) in [7, 11) is 0. The van der Waals surface area contributed by atoms with Crippen LogP contribution in [-0.4, -0.2) is 46.3 Å². The molecule has 0 bridgehead atoms. The molecule has 2 atom stereocenters. The number of ether oxygens (including phenoxy) is 1. The van der Waals surface area contributed by atoms with Crippen LogP contribution in [-0.2, 0) is 4.74 Å². The Morgan fingerprint density at radius 3 is 2.24 bits per heavy atom. The Balaban J connectivity index is 1.28. The zero-order valence-electron chi connectivity index (χ0n) is 18.3. The Kier molecular flexibility index (Phi) is 6.82. The van der Waals surface area contributed by atoms with Gasteiger partial charge in [0.25, 0.3) is 0 Å². The van der Waals surface area contributed by atoms with Gasteiger partial charge in [-0.3, -0.25) is 4.79 Å². The van der Waals surface area contributed by atoms with Gasteiger partial charge >= 0.3 is 6.09 Å². The highest BCUT2D eigenvalue weighted by Gasteiger charge is 2.29. The first kappa shape index (κ1) is 22.6. The van der Waals surface area contributed by atoms with Gasteiger partial charge in [0.05, 0.1) is 11.8 Å². The predicted octanol–water partition coefficient (Wildman–Crippen LogP) is 3.61. The van der Waals surface area contributed by atoms with Crippen LogP contribution in [0, 0.1) is 0 Å².